The number of hydrogen-bond donors (Lipinski definition) is 2. The third-order valence-electron chi connectivity index (χ3n) is 11.9. The number of aliphatic hydroxyl groups excluding tert-OH is 2. The minimum Gasteiger partial charge on any atom is -0.396 e. The SMILES string of the molecule is CCCCC/C=C\C/C=C\CCCCCCCCO.CCCCC/C=C\C/C=C\CCCCCCCCOCCl.CCCCC/C=C\C/C=C\CCCCCCCCOCOCC1CO1.C[Si](C)(C)Cl.OCC1CO1. The summed E-state index contributed by atoms with van der Waals surface area (Å²) in [6, 6.07) is 0.334. The molecule has 0 spiro atoms. The van der Waals surface area contributed by atoms with Crippen LogP contribution in [-0.2, 0) is 23.7 Å². The van der Waals surface area contributed by atoms with E-state index in [2.05, 4.69) is 118 Å². The van der Waals surface area contributed by atoms with Crippen molar-refractivity contribution in [3.63, 3.8) is 0 Å². The summed E-state index contributed by atoms with van der Waals surface area (Å²) in [5.41, 5.74) is 0. The molecule has 2 N–H and O–H groups in total. The number of hydrogen-bond acceptors (Lipinski definition) is 7. The molecule has 444 valence electrons. The second-order valence-corrected chi connectivity index (χ2v) is 28.8. The normalized spacial score (nSPS) is 15.1. The van der Waals surface area contributed by atoms with Gasteiger partial charge in [-0.25, -0.2) is 0 Å². The van der Waals surface area contributed by atoms with E-state index in [1.54, 1.807) is 0 Å². The number of aliphatic hydroxyl groups is 2. The Bertz CT molecular complexity index is 1210. The summed E-state index contributed by atoms with van der Waals surface area (Å²) in [4.78, 5) is 0. The highest BCUT2D eigenvalue weighted by Gasteiger charge is 2.22. The Hall–Kier alpha value is -1.04. The Balaban J connectivity index is -0.000000951. The van der Waals surface area contributed by atoms with Gasteiger partial charge in [0.1, 0.15) is 32.5 Å². The summed E-state index contributed by atoms with van der Waals surface area (Å²) in [5.74, 6) is 0. The van der Waals surface area contributed by atoms with Crippen molar-refractivity contribution in [3.05, 3.63) is 72.9 Å². The fourth-order valence-electron chi connectivity index (χ4n) is 7.17. The van der Waals surface area contributed by atoms with Crippen molar-refractivity contribution >= 4 is 30.1 Å². The van der Waals surface area contributed by atoms with Gasteiger partial charge in [0.05, 0.1) is 26.4 Å². The van der Waals surface area contributed by atoms with E-state index in [1.165, 1.54) is 193 Å². The van der Waals surface area contributed by atoms with E-state index >= 15 is 0 Å². The van der Waals surface area contributed by atoms with Crippen LogP contribution in [0.25, 0.3) is 0 Å². The highest BCUT2D eigenvalue weighted by atomic mass is 35.6. The number of ether oxygens (including phenoxy) is 5. The van der Waals surface area contributed by atoms with Crippen LogP contribution in [0.2, 0.25) is 19.6 Å². The molecular formula is C65H124Cl2O7Si. The van der Waals surface area contributed by atoms with Crippen molar-refractivity contribution in [1.29, 1.82) is 0 Å². The Kier molecular flexibility index (Phi) is 74.0. The lowest BCUT2D eigenvalue weighted by Crippen LogP contribution is -2.06. The second-order valence-electron chi connectivity index (χ2n) is 21.1. The first-order valence-electron chi connectivity index (χ1n) is 31.0. The van der Waals surface area contributed by atoms with Gasteiger partial charge in [0.2, 0.25) is 0 Å². The van der Waals surface area contributed by atoms with Crippen LogP contribution in [0.1, 0.15) is 252 Å². The van der Waals surface area contributed by atoms with Crippen molar-refractivity contribution < 1.29 is 33.9 Å². The summed E-state index contributed by atoms with van der Waals surface area (Å²) in [7, 11) is -1.14. The molecule has 2 aliphatic heterocycles. The zero-order chi connectivity index (χ0) is 55.5. The molecule has 0 aromatic heterocycles. The van der Waals surface area contributed by atoms with Gasteiger partial charge in [0.25, 0.3) is 0 Å². The van der Waals surface area contributed by atoms with E-state index in [4.69, 9.17) is 51.8 Å². The van der Waals surface area contributed by atoms with Crippen molar-refractivity contribution in [3.8, 4) is 0 Å². The average Bonchev–Trinajstić information content (AvgIpc) is 4.35. The quantitative estimate of drug-likeness (QED) is 0.0119. The fraction of sp³-hybridized carbons (Fsp3) is 0.815. The van der Waals surface area contributed by atoms with E-state index in [0.717, 1.165) is 65.0 Å². The van der Waals surface area contributed by atoms with Gasteiger partial charge in [-0.05, 0) is 116 Å². The molecule has 2 atom stereocenters. The van der Waals surface area contributed by atoms with Gasteiger partial charge in [-0.1, -0.05) is 241 Å². The number of alkyl halides is 1. The molecule has 10 heteroatoms. The van der Waals surface area contributed by atoms with Gasteiger partial charge in [-0.2, -0.15) is 11.1 Å². The van der Waals surface area contributed by atoms with Crippen LogP contribution in [0, 0.1) is 0 Å². The standard InChI is InChI=1S/C22H40O3.C19H35ClO.C18H34O.C3H9ClSi.C3H6O2/c1-2-3-4-5-6-7-8-9-10-11-12-13-14-15-16-17-18-23-21-24-19-22-20-25-22;1-2-3-4-5-6-7-8-9-10-11-12-13-14-15-16-17-18-21-19-20;1-2-3-4-5-6-7-8-9-10-11-12-13-14-15-16-17-18-19;1-5(2,3)4;4-1-3-2-5-3/h6-7,9-10,22H,2-5,8,11-21H2,1H3;6-7,9-10H,2-5,8,11-19H2,1H3;6-7,9-10,19H,2-5,8,11-18H2,1H3;1-3H3;3-4H,1-2H2/b3*7-6-,10-9-;;. The van der Waals surface area contributed by atoms with Crippen LogP contribution >= 0.6 is 22.7 Å². The molecule has 2 fully saturated rings. The van der Waals surface area contributed by atoms with E-state index in [9.17, 15) is 0 Å². The number of epoxide rings is 2. The van der Waals surface area contributed by atoms with Crippen molar-refractivity contribution in [2.75, 3.05) is 59.1 Å². The summed E-state index contributed by atoms with van der Waals surface area (Å²) in [5, 5.41) is 16.7. The summed E-state index contributed by atoms with van der Waals surface area (Å²) in [6.07, 6.45) is 74.1. The van der Waals surface area contributed by atoms with E-state index in [-0.39, 0.29) is 12.7 Å². The van der Waals surface area contributed by atoms with Crippen LogP contribution in [0.3, 0.4) is 0 Å². The number of unbranched alkanes of at least 4 members (excludes halogenated alkanes) is 27. The molecule has 0 amide bonds. The minimum absolute atomic E-state index is 0.190. The number of rotatable bonds is 50. The van der Waals surface area contributed by atoms with Crippen molar-refractivity contribution in [2.24, 2.45) is 0 Å². The molecule has 0 saturated carbocycles. The molecule has 2 unspecified atom stereocenters. The molecule has 2 rings (SSSR count). The van der Waals surface area contributed by atoms with Crippen LogP contribution < -0.4 is 0 Å². The second kappa shape index (κ2) is 71.0. The van der Waals surface area contributed by atoms with Crippen LogP contribution in [0.5, 0.6) is 0 Å². The maximum absolute atomic E-state index is 8.66. The van der Waals surface area contributed by atoms with E-state index in [0.29, 0.717) is 32.2 Å². The molecule has 0 bridgehead atoms. The molecule has 0 aromatic carbocycles. The smallest absolute Gasteiger partial charge is 0.147 e. The molecule has 0 radical (unpaired) electrons. The maximum Gasteiger partial charge on any atom is 0.147 e. The first-order chi connectivity index (χ1) is 36.7. The Labute approximate surface area is 477 Å². The van der Waals surface area contributed by atoms with E-state index in [1.807, 2.05) is 0 Å². The van der Waals surface area contributed by atoms with Gasteiger partial charge >= 0.3 is 0 Å². The summed E-state index contributed by atoms with van der Waals surface area (Å²) >= 11 is 11.1. The fourth-order valence-corrected chi connectivity index (χ4v) is 7.28. The molecule has 75 heavy (non-hydrogen) atoms. The van der Waals surface area contributed by atoms with Gasteiger partial charge in [0, 0.05) is 19.8 Å². The van der Waals surface area contributed by atoms with Gasteiger partial charge < -0.3 is 33.9 Å². The number of halogens is 2. The average molecular weight is 1120 g/mol. The lowest BCUT2D eigenvalue weighted by atomic mass is 10.1. The predicted molar refractivity (Wildman–Crippen MR) is 334 cm³/mol. The van der Waals surface area contributed by atoms with Gasteiger partial charge in [-0.3, -0.25) is 0 Å². The molecule has 7 nitrogen and oxygen atoms in total. The first kappa shape index (κ1) is 78.2. The molecule has 2 aliphatic rings. The molecule has 0 aromatic rings. The van der Waals surface area contributed by atoms with Gasteiger partial charge in [-0.15, -0.1) is 0 Å². The molecule has 0 aliphatic carbocycles. The minimum atomic E-state index is -1.14. The van der Waals surface area contributed by atoms with Crippen LogP contribution in [-0.4, -0.2) is 88.9 Å². The Morgan fingerprint density at radius 3 is 0.987 bits per heavy atom. The highest BCUT2D eigenvalue weighted by molar-refractivity contribution is 7.18. The molecule has 2 heterocycles. The lowest BCUT2D eigenvalue weighted by Gasteiger charge is -2.04. The largest absolute Gasteiger partial charge is 0.396 e. The zero-order valence-corrected chi connectivity index (χ0v) is 52.6. The first-order valence-corrected chi connectivity index (χ1v) is 36.1. The summed E-state index contributed by atoms with van der Waals surface area (Å²) in [6.45, 7) is 17.9. The van der Waals surface area contributed by atoms with Crippen molar-refractivity contribution in [2.45, 2.75) is 284 Å². The van der Waals surface area contributed by atoms with Crippen LogP contribution in [0.15, 0.2) is 72.9 Å². The van der Waals surface area contributed by atoms with E-state index < -0.39 is 7.38 Å². The third-order valence-corrected chi connectivity index (χ3v) is 12.0. The summed E-state index contributed by atoms with van der Waals surface area (Å²) < 4.78 is 25.5. The Morgan fingerprint density at radius 2 is 0.707 bits per heavy atom. The van der Waals surface area contributed by atoms with Gasteiger partial charge in [0.15, 0.2) is 0 Å². The lowest BCUT2D eigenvalue weighted by molar-refractivity contribution is -0.0584. The predicted octanol–water partition coefficient (Wildman–Crippen LogP) is 20.4. The maximum atomic E-state index is 8.66. The molecular weight excluding hydrogens is 992 g/mol. The van der Waals surface area contributed by atoms with Crippen molar-refractivity contribution in [1.82, 2.24) is 0 Å². The monoisotopic (exact) mass is 1110 g/mol. The third kappa shape index (κ3) is 92.7. The zero-order valence-electron chi connectivity index (χ0n) is 50.1. The topological polar surface area (TPSA) is 93.2 Å². The Morgan fingerprint density at radius 1 is 0.413 bits per heavy atom. The highest BCUT2D eigenvalue weighted by Crippen LogP contribution is 2.12. The number of allylic oxidation sites excluding steroid dienone is 12. The van der Waals surface area contributed by atoms with Crippen LogP contribution in [0.4, 0.5) is 0 Å². The molecule has 2 saturated heterocycles.